The lowest BCUT2D eigenvalue weighted by Gasteiger charge is -2.22. The number of aromatic amines is 1. The number of aliphatic carboxylic acids is 1. The van der Waals surface area contributed by atoms with Crippen molar-refractivity contribution in [2.24, 2.45) is 0 Å². The zero-order valence-electron chi connectivity index (χ0n) is 13.8. The molecule has 7 heteroatoms. The normalized spacial score (nSPS) is 12.6. The van der Waals surface area contributed by atoms with Crippen molar-refractivity contribution >= 4 is 23.0 Å². The zero-order chi connectivity index (χ0) is 17.9. The molecule has 0 radical (unpaired) electrons. The number of aromatic nitrogens is 1. The fourth-order valence-corrected chi connectivity index (χ4v) is 2.32. The van der Waals surface area contributed by atoms with Crippen molar-refractivity contribution < 1.29 is 19.4 Å². The third kappa shape index (κ3) is 4.58. The summed E-state index contributed by atoms with van der Waals surface area (Å²) in [5.41, 5.74) is 0.0910. The van der Waals surface area contributed by atoms with Crippen LogP contribution in [0.5, 0.6) is 0 Å². The average Bonchev–Trinajstić information content (AvgIpc) is 2.44. The molecule has 0 spiro atoms. The molecule has 1 amide bonds. The summed E-state index contributed by atoms with van der Waals surface area (Å²) in [4.78, 5) is 37.7. The highest BCUT2D eigenvalue weighted by molar-refractivity contribution is 5.84. The monoisotopic (exact) mass is 332 g/mol. The molecule has 1 aromatic heterocycles. The van der Waals surface area contributed by atoms with Crippen LogP contribution in [0.4, 0.5) is 4.79 Å². The summed E-state index contributed by atoms with van der Waals surface area (Å²) < 4.78 is 5.09. The number of hydrogen-bond donors (Lipinski definition) is 3. The van der Waals surface area contributed by atoms with Crippen molar-refractivity contribution in [3.63, 3.8) is 0 Å². The number of carboxylic acid groups (broad SMARTS) is 1. The number of ether oxygens (including phenoxy) is 1. The standard InChI is InChI=1S/C17H20N2O5/c1-17(2,3)24-16(23)19-13(15(21)22)8-10-9-14(20)18-12-7-5-4-6-11(10)12/h4-7,9,13H,8H2,1-3H3,(H,18,20)(H,19,23)(H,21,22). The number of H-pyrrole nitrogens is 1. The Balaban J connectivity index is 2.27. The first kappa shape index (κ1) is 17.5. The second-order valence-electron chi connectivity index (χ2n) is 6.45. The van der Waals surface area contributed by atoms with E-state index in [-0.39, 0.29) is 12.0 Å². The minimum absolute atomic E-state index is 0.0288. The summed E-state index contributed by atoms with van der Waals surface area (Å²) in [6, 6.07) is 7.22. The van der Waals surface area contributed by atoms with Crippen LogP contribution >= 0.6 is 0 Å². The number of hydrogen-bond acceptors (Lipinski definition) is 4. The van der Waals surface area contributed by atoms with E-state index in [2.05, 4.69) is 10.3 Å². The number of amides is 1. The number of carbonyl (C=O) groups is 2. The van der Waals surface area contributed by atoms with E-state index in [4.69, 9.17) is 4.74 Å². The summed E-state index contributed by atoms with van der Waals surface area (Å²) in [6.45, 7) is 5.06. The predicted molar refractivity (Wildman–Crippen MR) is 89.1 cm³/mol. The Bertz CT molecular complexity index is 820. The van der Waals surface area contributed by atoms with Gasteiger partial charge in [0.25, 0.3) is 0 Å². The average molecular weight is 332 g/mol. The van der Waals surface area contributed by atoms with Gasteiger partial charge in [0.15, 0.2) is 0 Å². The summed E-state index contributed by atoms with van der Waals surface area (Å²) in [5, 5.41) is 12.4. The van der Waals surface area contributed by atoms with E-state index in [1.54, 1.807) is 45.0 Å². The van der Waals surface area contributed by atoms with Crippen molar-refractivity contribution in [2.75, 3.05) is 0 Å². The van der Waals surface area contributed by atoms with E-state index in [0.717, 1.165) is 5.39 Å². The highest BCUT2D eigenvalue weighted by Crippen LogP contribution is 2.16. The van der Waals surface area contributed by atoms with Gasteiger partial charge in [-0.2, -0.15) is 0 Å². The lowest BCUT2D eigenvalue weighted by atomic mass is 10.0. The lowest BCUT2D eigenvalue weighted by Crippen LogP contribution is -2.44. The van der Waals surface area contributed by atoms with Crippen LogP contribution in [0.1, 0.15) is 26.3 Å². The predicted octanol–water partition coefficient (Wildman–Crippen LogP) is 2.05. The number of alkyl carbamates (subject to hydrolysis) is 1. The fourth-order valence-electron chi connectivity index (χ4n) is 2.32. The number of carboxylic acids is 1. The van der Waals surface area contributed by atoms with Gasteiger partial charge in [0.2, 0.25) is 5.56 Å². The van der Waals surface area contributed by atoms with Crippen LogP contribution in [0.2, 0.25) is 0 Å². The first-order valence-corrected chi connectivity index (χ1v) is 7.49. The second kappa shape index (κ2) is 6.74. The molecule has 0 aliphatic carbocycles. The Hall–Kier alpha value is -2.83. The molecule has 24 heavy (non-hydrogen) atoms. The molecule has 0 aliphatic heterocycles. The maximum absolute atomic E-state index is 11.8. The van der Waals surface area contributed by atoms with E-state index in [1.807, 2.05) is 0 Å². The summed E-state index contributed by atoms with van der Waals surface area (Å²) >= 11 is 0. The van der Waals surface area contributed by atoms with Crippen LogP contribution in [0.25, 0.3) is 10.9 Å². The number of benzene rings is 1. The van der Waals surface area contributed by atoms with Crippen molar-refractivity contribution in [3.05, 3.63) is 46.2 Å². The molecule has 7 nitrogen and oxygen atoms in total. The number of rotatable bonds is 4. The fraction of sp³-hybridized carbons (Fsp3) is 0.353. The number of para-hydroxylation sites is 1. The van der Waals surface area contributed by atoms with E-state index >= 15 is 0 Å². The maximum atomic E-state index is 11.8. The lowest BCUT2D eigenvalue weighted by molar-refractivity contribution is -0.139. The van der Waals surface area contributed by atoms with E-state index < -0.39 is 23.7 Å². The van der Waals surface area contributed by atoms with Crippen LogP contribution in [0, 0.1) is 0 Å². The summed E-state index contributed by atoms with van der Waals surface area (Å²) in [5.74, 6) is -1.20. The van der Waals surface area contributed by atoms with E-state index in [1.165, 1.54) is 6.07 Å². The van der Waals surface area contributed by atoms with Crippen molar-refractivity contribution in [1.82, 2.24) is 10.3 Å². The Morgan fingerprint density at radius 2 is 1.96 bits per heavy atom. The van der Waals surface area contributed by atoms with E-state index in [0.29, 0.717) is 11.1 Å². The van der Waals surface area contributed by atoms with E-state index in [9.17, 15) is 19.5 Å². The number of pyridine rings is 1. The molecule has 1 aromatic carbocycles. The van der Waals surface area contributed by atoms with Gasteiger partial charge in [-0.25, -0.2) is 9.59 Å². The Kier molecular flexibility index (Phi) is 4.92. The van der Waals surface area contributed by atoms with Crippen molar-refractivity contribution in [1.29, 1.82) is 0 Å². The highest BCUT2D eigenvalue weighted by atomic mass is 16.6. The molecular weight excluding hydrogens is 312 g/mol. The summed E-state index contributed by atoms with van der Waals surface area (Å²) in [7, 11) is 0. The van der Waals surface area contributed by atoms with Crippen LogP contribution in [0.3, 0.4) is 0 Å². The Morgan fingerprint density at radius 3 is 2.58 bits per heavy atom. The van der Waals surface area contributed by atoms with Gasteiger partial charge in [-0.1, -0.05) is 18.2 Å². The van der Waals surface area contributed by atoms with Gasteiger partial charge in [-0.05, 0) is 32.4 Å². The molecule has 2 rings (SSSR count). The molecule has 1 heterocycles. The second-order valence-corrected chi connectivity index (χ2v) is 6.45. The molecule has 0 bridgehead atoms. The third-order valence-electron chi connectivity index (χ3n) is 3.25. The number of nitrogens with one attached hydrogen (secondary N) is 2. The smallest absolute Gasteiger partial charge is 0.408 e. The van der Waals surface area contributed by atoms with Gasteiger partial charge in [-0.15, -0.1) is 0 Å². The van der Waals surface area contributed by atoms with Crippen LogP contribution in [-0.2, 0) is 16.0 Å². The molecule has 0 saturated carbocycles. The quantitative estimate of drug-likeness (QED) is 0.794. The molecule has 3 N–H and O–H groups in total. The number of carbonyl (C=O) groups excluding carboxylic acids is 1. The van der Waals surface area contributed by atoms with Gasteiger partial charge < -0.3 is 20.1 Å². The summed E-state index contributed by atoms with van der Waals surface area (Å²) in [6.07, 6.45) is -0.844. The van der Waals surface area contributed by atoms with Gasteiger partial charge in [0.1, 0.15) is 11.6 Å². The maximum Gasteiger partial charge on any atom is 0.408 e. The number of fused-ring (bicyclic) bond motifs is 1. The van der Waals surface area contributed by atoms with Gasteiger partial charge >= 0.3 is 12.1 Å². The van der Waals surface area contributed by atoms with Crippen LogP contribution in [-0.4, -0.2) is 33.8 Å². The molecule has 1 atom stereocenters. The molecule has 2 aromatic rings. The Labute approximate surface area is 138 Å². The Morgan fingerprint density at radius 1 is 1.29 bits per heavy atom. The van der Waals surface area contributed by atoms with Crippen LogP contribution in [0.15, 0.2) is 35.1 Å². The minimum atomic E-state index is -1.20. The van der Waals surface area contributed by atoms with Crippen molar-refractivity contribution in [3.8, 4) is 0 Å². The molecular formula is C17H20N2O5. The molecule has 0 fully saturated rings. The van der Waals surface area contributed by atoms with Gasteiger partial charge in [0, 0.05) is 23.4 Å². The van der Waals surface area contributed by atoms with Gasteiger partial charge in [0.05, 0.1) is 0 Å². The zero-order valence-corrected chi connectivity index (χ0v) is 13.8. The molecule has 0 saturated heterocycles. The third-order valence-corrected chi connectivity index (χ3v) is 3.25. The highest BCUT2D eigenvalue weighted by Gasteiger charge is 2.25. The van der Waals surface area contributed by atoms with Crippen LogP contribution < -0.4 is 10.9 Å². The van der Waals surface area contributed by atoms with Gasteiger partial charge in [-0.3, -0.25) is 4.79 Å². The first-order valence-electron chi connectivity index (χ1n) is 7.49. The molecule has 128 valence electrons. The minimum Gasteiger partial charge on any atom is -0.480 e. The largest absolute Gasteiger partial charge is 0.480 e. The molecule has 1 unspecified atom stereocenters. The molecule has 0 aliphatic rings. The first-order chi connectivity index (χ1) is 11.2. The van der Waals surface area contributed by atoms with Crippen molar-refractivity contribution in [2.45, 2.75) is 38.8 Å². The SMILES string of the molecule is CC(C)(C)OC(=O)NC(Cc1cc(=O)[nH]c2ccccc12)C(=O)O. The topological polar surface area (TPSA) is 108 Å².